The summed E-state index contributed by atoms with van der Waals surface area (Å²) >= 11 is 0. The zero-order valence-electron chi connectivity index (χ0n) is 22.5. The van der Waals surface area contributed by atoms with Gasteiger partial charge in [0.25, 0.3) is 0 Å². The van der Waals surface area contributed by atoms with Gasteiger partial charge >= 0.3 is 0 Å². The Kier molecular flexibility index (Phi) is 7.68. The van der Waals surface area contributed by atoms with Gasteiger partial charge in [0.2, 0.25) is 0 Å². The van der Waals surface area contributed by atoms with Crippen LogP contribution in [0.15, 0.2) is 170 Å². The lowest BCUT2D eigenvalue weighted by Crippen LogP contribution is -2.16. The van der Waals surface area contributed by atoms with E-state index in [9.17, 15) is 0 Å². The SMILES string of the molecule is c1ccc(N(Cc2ccc(-c3ccc(CN(c4ccccc4)c4ccccc4)cc3)cc2)c2ccccc2)cc1. The topological polar surface area (TPSA) is 6.48 Å². The molecule has 0 heterocycles. The number of hydrogen-bond donors (Lipinski definition) is 0. The van der Waals surface area contributed by atoms with Crippen LogP contribution in [0.3, 0.4) is 0 Å². The van der Waals surface area contributed by atoms with Gasteiger partial charge in [0, 0.05) is 35.8 Å². The molecule has 0 unspecified atom stereocenters. The van der Waals surface area contributed by atoms with Crippen molar-refractivity contribution in [1.82, 2.24) is 0 Å². The molecule has 0 atom stereocenters. The van der Waals surface area contributed by atoms with Crippen molar-refractivity contribution in [2.45, 2.75) is 13.1 Å². The van der Waals surface area contributed by atoms with Crippen LogP contribution in [-0.2, 0) is 13.1 Å². The normalized spacial score (nSPS) is 10.7. The van der Waals surface area contributed by atoms with E-state index >= 15 is 0 Å². The Morgan fingerprint density at radius 1 is 0.275 bits per heavy atom. The highest BCUT2D eigenvalue weighted by molar-refractivity contribution is 5.67. The lowest BCUT2D eigenvalue weighted by Gasteiger charge is -2.25. The summed E-state index contributed by atoms with van der Waals surface area (Å²) in [6.07, 6.45) is 0. The number of hydrogen-bond acceptors (Lipinski definition) is 2. The minimum atomic E-state index is 0.808. The average Bonchev–Trinajstić information content (AvgIpc) is 3.05. The molecule has 6 rings (SSSR count). The quantitative estimate of drug-likeness (QED) is 0.189. The fourth-order valence-corrected chi connectivity index (χ4v) is 5.07. The highest BCUT2D eigenvalue weighted by Gasteiger charge is 2.12. The van der Waals surface area contributed by atoms with E-state index in [4.69, 9.17) is 0 Å². The first-order chi connectivity index (χ1) is 19.8. The Morgan fingerprint density at radius 3 is 0.775 bits per heavy atom. The fraction of sp³-hybridized carbons (Fsp3) is 0.0526. The highest BCUT2D eigenvalue weighted by Crippen LogP contribution is 2.30. The number of rotatable bonds is 9. The third kappa shape index (κ3) is 5.98. The van der Waals surface area contributed by atoms with Gasteiger partial charge in [-0.1, -0.05) is 121 Å². The second kappa shape index (κ2) is 12.2. The molecule has 2 nitrogen and oxygen atoms in total. The van der Waals surface area contributed by atoms with Crippen LogP contribution in [0.25, 0.3) is 11.1 Å². The van der Waals surface area contributed by atoms with E-state index < -0.39 is 0 Å². The summed E-state index contributed by atoms with van der Waals surface area (Å²) in [5.74, 6) is 0. The van der Waals surface area contributed by atoms with Crippen molar-refractivity contribution in [1.29, 1.82) is 0 Å². The molecule has 194 valence electrons. The lowest BCUT2D eigenvalue weighted by molar-refractivity contribution is 0.974. The molecular formula is C38H32N2. The van der Waals surface area contributed by atoms with Crippen LogP contribution in [0.4, 0.5) is 22.7 Å². The summed E-state index contributed by atoms with van der Waals surface area (Å²) in [4.78, 5) is 4.71. The number of benzene rings is 6. The largest absolute Gasteiger partial charge is 0.337 e. The van der Waals surface area contributed by atoms with Crippen molar-refractivity contribution in [3.05, 3.63) is 181 Å². The van der Waals surface area contributed by atoms with E-state index in [-0.39, 0.29) is 0 Å². The maximum absolute atomic E-state index is 2.36. The van der Waals surface area contributed by atoms with Crippen LogP contribution in [0.5, 0.6) is 0 Å². The van der Waals surface area contributed by atoms with Crippen molar-refractivity contribution in [3.8, 4) is 11.1 Å². The smallest absolute Gasteiger partial charge is 0.0481 e. The van der Waals surface area contributed by atoms with Gasteiger partial charge in [-0.2, -0.15) is 0 Å². The van der Waals surface area contributed by atoms with E-state index in [1.165, 1.54) is 45.0 Å². The van der Waals surface area contributed by atoms with E-state index in [1.807, 2.05) is 0 Å². The zero-order valence-corrected chi connectivity index (χ0v) is 22.5. The summed E-state index contributed by atoms with van der Waals surface area (Å²) in [6.45, 7) is 1.62. The monoisotopic (exact) mass is 516 g/mol. The Morgan fingerprint density at radius 2 is 0.525 bits per heavy atom. The summed E-state index contributed by atoms with van der Waals surface area (Å²) in [5, 5.41) is 0. The van der Waals surface area contributed by atoms with Crippen LogP contribution >= 0.6 is 0 Å². The lowest BCUT2D eigenvalue weighted by atomic mass is 10.0. The molecule has 6 aromatic rings. The first-order valence-electron chi connectivity index (χ1n) is 13.8. The molecule has 0 radical (unpaired) electrons. The minimum absolute atomic E-state index is 0.808. The van der Waals surface area contributed by atoms with Gasteiger partial charge in [-0.3, -0.25) is 0 Å². The van der Waals surface area contributed by atoms with Crippen molar-refractivity contribution in [3.63, 3.8) is 0 Å². The molecular weight excluding hydrogens is 484 g/mol. The standard InChI is InChI=1S/C38H32N2/c1-5-13-35(14-6-1)39(36-15-7-2-8-16-36)29-31-21-25-33(26-22-31)34-27-23-32(24-28-34)30-40(37-17-9-3-10-18-37)38-19-11-4-12-20-38/h1-28H,29-30H2. The van der Waals surface area contributed by atoms with Crippen molar-refractivity contribution in [2.75, 3.05) is 9.80 Å². The van der Waals surface area contributed by atoms with Crippen molar-refractivity contribution >= 4 is 22.7 Å². The van der Waals surface area contributed by atoms with Gasteiger partial charge in [-0.25, -0.2) is 0 Å². The van der Waals surface area contributed by atoms with E-state index in [2.05, 4.69) is 180 Å². The zero-order chi connectivity index (χ0) is 27.0. The summed E-state index contributed by atoms with van der Waals surface area (Å²) in [7, 11) is 0. The summed E-state index contributed by atoms with van der Waals surface area (Å²) in [5.41, 5.74) is 9.75. The van der Waals surface area contributed by atoms with Gasteiger partial charge in [0.15, 0.2) is 0 Å². The first kappa shape index (κ1) is 25.2. The number of nitrogens with zero attached hydrogens (tertiary/aromatic N) is 2. The van der Waals surface area contributed by atoms with Gasteiger partial charge in [-0.15, -0.1) is 0 Å². The first-order valence-corrected chi connectivity index (χ1v) is 13.8. The fourth-order valence-electron chi connectivity index (χ4n) is 5.07. The van der Waals surface area contributed by atoms with Crippen molar-refractivity contribution in [2.24, 2.45) is 0 Å². The highest BCUT2D eigenvalue weighted by atomic mass is 15.1. The Balaban J connectivity index is 1.19. The molecule has 40 heavy (non-hydrogen) atoms. The minimum Gasteiger partial charge on any atom is -0.337 e. The predicted molar refractivity (Wildman–Crippen MR) is 169 cm³/mol. The third-order valence-corrected chi connectivity index (χ3v) is 7.19. The van der Waals surface area contributed by atoms with Gasteiger partial charge in [0.1, 0.15) is 0 Å². The third-order valence-electron chi connectivity index (χ3n) is 7.19. The second-order valence-corrected chi connectivity index (χ2v) is 9.91. The molecule has 0 saturated heterocycles. The molecule has 0 amide bonds. The van der Waals surface area contributed by atoms with Gasteiger partial charge < -0.3 is 9.80 Å². The predicted octanol–water partition coefficient (Wildman–Crippen LogP) is 10.0. The average molecular weight is 517 g/mol. The molecule has 0 aliphatic carbocycles. The number of anilines is 4. The van der Waals surface area contributed by atoms with E-state index in [0.717, 1.165) is 13.1 Å². The number of para-hydroxylation sites is 4. The van der Waals surface area contributed by atoms with Crippen LogP contribution in [0.1, 0.15) is 11.1 Å². The molecule has 0 bridgehead atoms. The van der Waals surface area contributed by atoms with Crippen LogP contribution in [0, 0.1) is 0 Å². The van der Waals surface area contributed by atoms with E-state index in [1.54, 1.807) is 0 Å². The van der Waals surface area contributed by atoms with Crippen LogP contribution < -0.4 is 9.80 Å². The molecule has 0 aliphatic heterocycles. The Hall–Kier alpha value is -5.08. The molecule has 0 aliphatic rings. The molecule has 2 heteroatoms. The van der Waals surface area contributed by atoms with Gasteiger partial charge in [-0.05, 0) is 70.8 Å². The second-order valence-electron chi connectivity index (χ2n) is 9.91. The molecule has 0 fully saturated rings. The van der Waals surface area contributed by atoms with Crippen LogP contribution in [0.2, 0.25) is 0 Å². The van der Waals surface area contributed by atoms with Gasteiger partial charge in [0.05, 0.1) is 0 Å². The Labute approximate surface area is 237 Å². The molecule has 0 N–H and O–H groups in total. The maximum atomic E-state index is 2.36. The summed E-state index contributed by atoms with van der Waals surface area (Å²) < 4.78 is 0. The molecule has 0 saturated carbocycles. The molecule has 6 aromatic carbocycles. The summed E-state index contributed by atoms with van der Waals surface area (Å²) in [6, 6.07) is 60.3. The Bertz CT molecular complexity index is 1390. The van der Waals surface area contributed by atoms with Crippen LogP contribution in [-0.4, -0.2) is 0 Å². The molecule has 0 spiro atoms. The van der Waals surface area contributed by atoms with E-state index in [0.29, 0.717) is 0 Å². The maximum Gasteiger partial charge on any atom is 0.0481 e. The molecule has 0 aromatic heterocycles. The van der Waals surface area contributed by atoms with Crippen molar-refractivity contribution < 1.29 is 0 Å².